The molecule has 0 unspecified atom stereocenters. The van der Waals surface area contributed by atoms with Crippen molar-refractivity contribution in [3.63, 3.8) is 0 Å². The molecule has 0 spiro atoms. The Labute approximate surface area is 127 Å². The molecule has 118 valence electrons. The summed E-state index contributed by atoms with van der Waals surface area (Å²) in [5.41, 5.74) is 0.983. The first-order chi connectivity index (χ1) is 9.96. The Balaban J connectivity index is 2.79. The highest BCUT2D eigenvalue weighted by Crippen LogP contribution is 2.24. The maximum atomic E-state index is 12.4. The summed E-state index contributed by atoms with van der Waals surface area (Å²) in [5, 5.41) is 2.92. The lowest BCUT2D eigenvalue weighted by atomic mass is 9.99. The third kappa shape index (κ3) is 4.74. The van der Waals surface area contributed by atoms with Gasteiger partial charge in [-0.3, -0.25) is 4.79 Å². The number of carbonyl (C=O) groups excluding carboxylic acids is 1. The number of rotatable bonds is 8. The van der Waals surface area contributed by atoms with Crippen LogP contribution in [0.15, 0.2) is 18.2 Å². The first-order valence-electron chi connectivity index (χ1n) is 7.57. The largest absolute Gasteiger partial charge is 0.493 e. The number of ether oxygens (including phenoxy) is 2. The van der Waals surface area contributed by atoms with Crippen LogP contribution < -0.4 is 10.1 Å². The summed E-state index contributed by atoms with van der Waals surface area (Å²) in [6.07, 6.45) is 2.55. The number of benzene rings is 1. The van der Waals surface area contributed by atoms with E-state index in [4.69, 9.17) is 9.47 Å². The molecule has 1 amide bonds. The van der Waals surface area contributed by atoms with Gasteiger partial charge in [0.25, 0.3) is 5.91 Å². The lowest BCUT2D eigenvalue weighted by Gasteiger charge is -2.26. The highest BCUT2D eigenvalue weighted by atomic mass is 16.5. The fraction of sp³-hybridized carbons (Fsp3) is 0.588. The van der Waals surface area contributed by atoms with E-state index >= 15 is 0 Å². The van der Waals surface area contributed by atoms with Gasteiger partial charge in [0.2, 0.25) is 0 Å². The van der Waals surface area contributed by atoms with Crippen molar-refractivity contribution in [2.24, 2.45) is 0 Å². The number of methoxy groups -OCH3 is 1. The fourth-order valence-corrected chi connectivity index (χ4v) is 2.15. The Morgan fingerprint density at radius 3 is 2.52 bits per heavy atom. The molecule has 0 saturated heterocycles. The Morgan fingerprint density at radius 2 is 2.00 bits per heavy atom. The first kappa shape index (κ1) is 17.5. The third-order valence-electron chi connectivity index (χ3n) is 3.55. The lowest BCUT2D eigenvalue weighted by molar-refractivity contribution is -0.136. The molecule has 21 heavy (non-hydrogen) atoms. The highest BCUT2D eigenvalue weighted by molar-refractivity contribution is 5.97. The summed E-state index contributed by atoms with van der Waals surface area (Å²) >= 11 is 0. The number of nitrogens with one attached hydrogen (secondary N) is 1. The summed E-state index contributed by atoms with van der Waals surface area (Å²) < 4.78 is 11.0. The second kappa shape index (κ2) is 8.03. The van der Waals surface area contributed by atoms with Gasteiger partial charge >= 0.3 is 0 Å². The average molecular weight is 293 g/mol. The number of carbonyl (C=O) groups is 1. The maximum absolute atomic E-state index is 12.4. The molecule has 1 N–H and O–H groups in total. The van der Waals surface area contributed by atoms with Crippen molar-refractivity contribution in [3.8, 4) is 5.75 Å². The monoisotopic (exact) mass is 293 g/mol. The predicted molar refractivity (Wildman–Crippen MR) is 85.9 cm³/mol. The van der Waals surface area contributed by atoms with E-state index in [9.17, 15) is 4.79 Å². The molecular weight excluding hydrogens is 266 g/mol. The molecule has 1 aromatic carbocycles. The van der Waals surface area contributed by atoms with Gasteiger partial charge in [-0.2, -0.15) is 0 Å². The van der Waals surface area contributed by atoms with E-state index in [1.165, 1.54) is 0 Å². The van der Waals surface area contributed by atoms with Crippen LogP contribution in [0.25, 0.3) is 0 Å². The number of hydrogen-bond acceptors (Lipinski definition) is 3. The maximum Gasteiger partial charge on any atom is 0.256 e. The molecule has 1 atom stereocenters. The zero-order valence-corrected chi connectivity index (χ0v) is 13.8. The molecule has 4 heteroatoms. The molecule has 0 heterocycles. The van der Waals surface area contributed by atoms with Gasteiger partial charge in [-0.15, -0.1) is 0 Å². The van der Waals surface area contributed by atoms with Crippen LogP contribution in [0.2, 0.25) is 0 Å². The van der Waals surface area contributed by atoms with Gasteiger partial charge in [0.05, 0.1) is 6.61 Å². The minimum absolute atomic E-state index is 0.117. The van der Waals surface area contributed by atoms with E-state index in [0.717, 1.165) is 29.8 Å². The van der Waals surface area contributed by atoms with E-state index in [-0.39, 0.29) is 5.91 Å². The first-order valence-corrected chi connectivity index (χ1v) is 7.57. The average Bonchev–Trinajstić information content (AvgIpc) is 2.46. The van der Waals surface area contributed by atoms with Gasteiger partial charge in [0.15, 0.2) is 0 Å². The van der Waals surface area contributed by atoms with Crippen LogP contribution >= 0.6 is 0 Å². The van der Waals surface area contributed by atoms with Gasteiger partial charge in [-0.05, 0) is 50.5 Å². The minimum Gasteiger partial charge on any atom is -0.493 e. The Morgan fingerprint density at radius 1 is 1.29 bits per heavy atom. The molecule has 0 aliphatic rings. The van der Waals surface area contributed by atoms with Crippen molar-refractivity contribution >= 4 is 11.6 Å². The molecule has 0 aliphatic carbocycles. The van der Waals surface area contributed by atoms with Crippen molar-refractivity contribution in [2.75, 3.05) is 19.0 Å². The van der Waals surface area contributed by atoms with Crippen molar-refractivity contribution in [1.82, 2.24) is 0 Å². The van der Waals surface area contributed by atoms with Crippen LogP contribution in [0, 0.1) is 6.92 Å². The van der Waals surface area contributed by atoms with E-state index in [2.05, 4.69) is 12.2 Å². The van der Waals surface area contributed by atoms with Gasteiger partial charge in [-0.25, -0.2) is 0 Å². The summed E-state index contributed by atoms with van der Waals surface area (Å²) in [4.78, 5) is 12.4. The number of hydrogen-bond donors (Lipinski definition) is 1. The standard InChI is InChI=1S/C17H27NO3/c1-6-10-17(4,20-5)16(19)18-14-8-9-15(13(3)12-14)21-11-7-2/h8-9,12H,6-7,10-11H2,1-5H3,(H,18,19)/t17-/m1/s1. The molecular formula is C17H27NO3. The lowest BCUT2D eigenvalue weighted by Crippen LogP contribution is -2.41. The van der Waals surface area contributed by atoms with Gasteiger partial charge in [0, 0.05) is 12.8 Å². The summed E-state index contributed by atoms with van der Waals surface area (Å²) in [6.45, 7) is 8.60. The number of aryl methyl sites for hydroxylation is 1. The predicted octanol–water partition coefficient (Wildman–Crippen LogP) is 3.93. The van der Waals surface area contributed by atoms with Crippen molar-refractivity contribution < 1.29 is 14.3 Å². The Bertz CT molecular complexity index is 473. The molecule has 0 radical (unpaired) electrons. The quantitative estimate of drug-likeness (QED) is 0.790. The van der Waals surface area contributed by atoms with Crippen LogP contribution in [0.3, 0.4) is 0 Å². The topological polar surface area (TPSA) is 47.6 Å². The van der Waals surface area contributed by atoms with Gasteiger partial charge in [-0.1, -0.05) is 20.3 Å². The molecule has 1 aromatic rings. The van der Waals surface area contributed by atoms with E-state index in [1.54, 1.807) is 7.11 Å². The Hall–Kier alpha value is -1.55. The van der Waals surface area contributed by atoms with Crippen LogP contribution in [0.5, 0.6) is 5.75 Å². The van der Waals surface area contributed by atoms with Crippen LogP contribution in [-0.2, 0) is 9.53 Å². The van der Waals surface area contributed by atoms with Crippen LogP contribution in [-0.4, -0.2) is 25.2 Å². The van der Waals surface area contributed by atoms with Crippen LogP contribution in [0.1, 0.15) is 45.6 Å². The molecule has 0 aromatic heterocycles. The molecule has 4 nitrogen and oxygen atoms in total. The normalized spacial score (nSPS) is 13.6. The summed E-state index contributed by atoms with van der Waals surface area (Å²) in [5.74, 6) is 0.742. The molecule has 0 bridgehead atoms. The Kier molecular flexibility index (Phi) is 6.69. The van der Waals surface area contributed by atoms with E-state index in [1.807, 2.05) is 39.0 Å². The number of amides is 1. The SMILES string of the molecule is CCCOc1ccc(NC(=O)[C@@](C)(CCC)OC)cc1C. The zero-order chi connectivity index (χ0) is 15.9. The smallest absolute Gasteiger partial charge is 0.256 e. The number of anilines is 1. The highest BCUT2D eigenvalue weighted by Gasteiger charge is 2.32. The summed E-state index contributed by atoms with van der Waals surface area (Å²) in [6, 6.07) is 5.67. The molecule has 0 fully saturated rings. The minimum atomic E-state index is -0.792. The molecule has 1 rings (SSSR count). The second-order valence-corrected chi connectivity index (χ2v) is 5.47. The van der Waals surface area contributed by atoms with Crippen LogP contribution in [0.4, 0.5) is 5.69 Å². The van der Waals surface area contributed by atoms with Crippen molar-refractivity contribution in [2.45, 2.75) is 52.6 Å². The third-order valence-corrected chi connectivity index (χ3v) is 3.55. The zero-order valence-electron chi connectivity index (χ0n) is 13.8. The molecule has 0 saturated carbocycles. The molecule has 0 aliphatic heterocycles. The van der Waals surface area contributed by atoms with E-state index in [0.29, 0.717) is 13.0 Å². The van der Waals surface area contributed by atoms with Gasteiger partial charge in [0.1, 0.15) is 11.4 Å². The fourth-order valence-electron chi connectivity index (χ4n) is 2.15. The van der Waals surface area contributed by atoms with Crippen molar-refractivity contribution in [1.29, 1.82) is 0 Å². The van der Waals surface area contributed by atoms with Gasteiger partial charge < -0.3 is 14.8 Å². The van der Waals surface area contributed by atoms with E-state index < -0.39 is 5.60 Å². The van der Waals surface area contributed by atoms with Crippen molar-refractivity contribution in [3.05, 3.63) is 23.8 Å². The second-order valence-electron chi connectivity index (χ2n) is 5.47. The summed E-state index contributed by atoms with van der Waals surface area (Å²) in [7, 11) is 1.57.